The number of nitrogens with zero attached hydrogens (tertiary/aromatic N) is 2. The zero-order chi connectivity index (χ0) is 12.1. The van der Waals surface area contributed by atoms with Gasteiger partial charge in [-0.15, -0.1) is 0 Å². The zero-order valence-electron chi connectivity index (χ0n) is 10.9. The maximum Gasteiger partial charge on any atom is 0.0558 e. The van der Waals surface area contributed by atoms with Gasteiger partial charge < -0.3 is 15.7 Å². The summed E-state index contributed by atoms with van der Waals surface area (Å²) in [4.78, 5) is 4.95. The maximum absolute atomic E-state index is 8.97. The average Bonchev–Trinajstić information content (AvgIpc) is 2.59. The number of hydrogen-bond donors (Lipinski definition) is 2. The number of nitrogens with two attached hydrogens (primary N) is 1. The third kappa shape index (κ3) is 3.91. The molecule has 4 nitrogen and oxygen atoms in total. The lowest BCUT2D eigenvalue weighted by atomic mass is 10.0. The van der Waals surface area contributed by atoms with Gasteiger partial charge in [-0.25, -0.2) is 0 Å². The Morgan fingerprint density at radius 2 is 1.76 bits per heavy atom. The molecule has 2 rings (SSSR count). The summed E-state index contributed by atoms with van der Waals surface area (Å²) in [6, 6.07) is 0.437. The largest absolute Gasteiger partial charge is 0.395 e. The number of β-amino-alcohol motifs (C(OH)–C–C–N with tert-alkyl or cyclic N) is 1. The molecule has 1 heterocycles. The van der Waals surface area contributed by atoms with E-state index in [4.69, 9.17) is 10.8 Å². The van der Waals surface area contributed by atoms with Crippen molar-refractivity contribution in [2.75, 3.05) is 45.9 Å². The Morgan fingerprint density at radius 1 is 1.00 bits per heavy atom. The Balaban J connectivity index is 1.74. The maximum atomic E-state index is 8.97. The first-order valence-corrected chi connectivity index (χ1v) is 7.11. The van der Waals surface area contributed by atoms with Gasteiger partial charge in [-0.3, -0.25) is 4.90 Å². The normalized spacial score (nSPS) is 32.8. The molecule has 0 amide bonds. The van der Waals surface area contributed by atoms with Crippen LogP contribution in [-0.2, 0) is 0 Å². The van der Waals surface area contributed by atoms with Gasteiger partial charge in [0.15, 0.2) is 0 Å². The number of hydrogen-bond acceptors (Lipinski definition) is 4. The highest BCUT2D eigenvalue weighted by atomic mass is 16.3. The van der Waals surface area contributed by atoms with Crippen molar-refractivity contribution >= 4 is 0 Å². The van der Waals surface area contributed by atoms with Gasteiger partial charge in [0.2, 0.25) is 0 Å². The second kappa shape index (κ2) is 6.69. The molecule has 1 saturated carbocycles. The molecule has 0 spiro atoms. The molecule has 3 N–H and O–H groups in total. The average molecular weight is 241 g/mol. The highest BCUT2D eigenvalue weighted by Gasteiger charge is 2.26. The third-order valence-electron chi connectivity index (χ3n) is 4.31. The minimum Gasteiger partial charge on any atom is -0.395 e. The lowest BCUT2D eigenvalue weighted by molar-refractivity contribution is 0.190. The molecule has 1 aliphatic heterocycles. The molecule has 0 aromatic carbocycles. The Kier molecular flexibility index (Phi) is 5.22. The molecule has 17 heavy (non-hydrogen) atoms. The van der Waals surface area contributed by atoms with E-state index in [9.17, 15) is 0 Å². The van der Waals surface area contributed by atoms with Crippen LogP contribution in [0.25, 0.3) is 0 Å². The van der Waals surface area contributed by atoms with E-state index in [-0.39, 0.29) is 6.61 Å². The molecular formula is C13H27N3O. The summed E-state index contributed by atoms with van der Waals surface area (Å²) >= 11 is 0. The van der Waals surface area contributed by atoms with Crippen molar-refractivity contribution in [1.29, 1.82) is 0 Å². The first-order chi connectivity index (χ1) is 8.29. The van der Waals surface area contributed by atoms with Crippen molar-refractivity contribution in [1.82, 2.24) is 9.80 Å². The fourth-order valence-corrected chi connectivity index (χ4v) is 3.20. The van der Waals surface area contributed by atoms with Crippen molar-refractivity contribution in [2.45, 2.75) is 31.7 Å². The van der Waals surface area contributed by atoms with Crippen LogP contribution in [-0.4, -0.2) is 66.8 Å². The molecule has 2 unspecified atom stereocenters. The molecule has 4 heteroatoms. The van der Waals surface area contributed by atoms with E-state index < -0.39 is 0 Å². The molecule has 100 valence electrons. The van der Waals surface area contributed by atoms with Gasteiger partial charge in [0.05, 0.1) is 6.61 Å². The zero-order valence-corrected chi connectivity index (χ0v) is 10.9. The molecule has 2 aliphatic rings. The molecule has 1 saturated heterocycles. The summed E-state index contributed by atoms with van der Waals surface area (Å²) in [6.45, 7) is 6.88. The summed E-state index contributed by atoms with van der Waals surface area (Å²) in [5, 5.41) is 8.97. The first-order valence-electron chi connectivity index (χ1n) is 7.11. The van der Waals surface area contributed by atoms with Gasteiger partial charge in [0.1, 0.15) is 0 Å². The van der Waals surface area contributed by atoms with E-state index in [0.29, 0.717) is 6.04 Å². The van der Waals surface area contributed by atoms with E-state index in [0.717, 1.165) is 32.1 Å². The second-order valence-electron chi connectivity index (χ2n) is 5.57. The van der Waals surface area contributed by atoms with Crippen LogP contribution in [0.2, 0.25) is 0 Å². The van der Waals surface area contributed by atoms with Gasteiger partial charge >= 0.3 is 0 Å². The molecule has 2 atom stereocenters. The lowest BCUT2D eigenvalue weighted by Crippen LogP contribution is -2.38. The van der Waals surface area contributed by atoms with Gasteiger partial charge in [-0.05, 0) is 38.3 Å². The van der Waals surface area contributed by atoms with E-state index in [1.54, 1.807) is 0 Å². The van der Waals surface area contributed by atoms with Gasteiger partial charge in [0, 0.05) is 32.2 Å². The topological polar surface area (TPSA) is 52.7 Å². The Labute approximate surface area is 105 Å². The minimum atomic E-state index is 0.285. The standard InChI is InChI=1S/C13H27N3O/c14-13-4-1-3-12(13)11-16-6-2-5-15(7-8-16)9-10-17/h12-13,17H,1-11,14H2. The van der Waals surface area contributed by atoms with Crippen LogP contribution >= 0.6 is 0 Å². The number of aliphatic hydroxyl groups is 1. The number of aliphatic hydroxyl groups excluding tert-OH is 1. The summed E-state index contributed by atoms with van der Waals surface area (Å²) in [5.41, 5.74) is 6.14. The Hall–Kier alpha value is -0.160. The Morgan fingerprint density at radius 3 is 2.47 bits per heavy atom. The number of rotatable bonds is 4. The Bertz CT molecular complexity index is 225. The second-order valence-corrected chi connectivity index (χ2v) is 5.57. The molecule has 2 fully saturated rings. The minimum absolute atomic E-state index is 0.285. The molecule has 1 aliphatic carbocycles. The van der Waals surface area contributed by atoms with Gasteiger partial charge in [0.25, 0.3) is 0 Å². The quantitative estimate of drug-likeness (QED) is 0.734. The van der Waals surface area contributed by atoms with Crippen molar-refractivity contribution in [3.63, 3.8) is 0 Å². The highest BCUT2D eigenvalue weighted by molar-refractivity contribution is 4.83. The van der Waals surface area contributed by atoms with Crippen LogP contribution in [0.15, 0.2) is 0 Å². The smallest absolute Gasteiger partial charge is 0.0558 e. The third-order valence-corrected chi connectivity index (χ3v) is 4.31. The van der Waals surface area contributed by atoms with E-state index >= 15 is 0 Å². The van der Waals surface area contributed by atoms with Crippen LogP contribution in [0.5, 0.6) is 0 Å². The summed E-state index contributed by atoms with van der Waals surface area (Å²) in [6.07, 6.45) is 5.07. The molecule has 0 radical (unpaired) electrons. The predicted molar refractivity (Wildman–Crippen MR) is 69.9 cm³/mol. The summed E-state index contributed by atoms with van der Waals surface area (Å²) in [5.74, 6) is 0.722. The van der Waals surface area contributed by atoms with Crippen molar-refractivity contribution < 1.29 is 5.11 Å². The summed E-state index contributed by atoms with van der Waals surface area (Å²) in [7, 11) is 0. The van der Waals surface area contributed by atoms with Crippen LogP contribution in [0, 0.1) is 5.92 Å². The van der Waals surface area contributed by atoms with E-state index in [2.05, 4.69) is 9.80 Å². The fourth-order valence-electron chi connectivity index (χ4n) is 3.20. The van der Waals surface area contributed by atoms with E-state index in [1.807, 2.05) is 0 Å². The molecular weight excluding hydrogens is 214 g/mol. The first kappa shape index (κ1) is 13.3. The van der Waals surface area contributed by atoms with Crippen LogP contribution < -0.4 is 5.73 Å². The monoisotopic (exact) mass is 241 g/mol. The SMILES string of the molecule is NC1CCCC1CN1CCCN(CCO)CC1. The molecule has 0 bridgehead atoms. The van der Waals surface area contributed by atoms with E-state index in [1.165, 1.54) is 38.8 Å². The summed E-state index contributed by atoms with van der Waals surface area (Å²) < 4.78 is 0. The highest BCUT2D eigenvalue weighted by Crippen LogP contribution is 2.25. The molecule has 0 aromatic heterocycles. The van der Waals surface area contributed by atoms with Crippen LogP contribution in [0.3, 0.4) is 0 Å². The van der Waals surface area contributed by atoms with Crippen molar-refractivity contribution in [2.24, 2.45) is 11.7 Å². The predicted octanol–water partition coefficient (Wildman–Crippen LogP) is 0.114. The fraction of sp³-hybridized carbons (Fsp3) is 1.00. The van der Waals surface area contributed by atoms with Gasteiger partial charge in [-0.1, -0.05) is 6.42 Å². The van der Waals surface area contributed by atoms with Crippen LogP contribution in [0.4, 0.5) is 0 Å². The lowest BCUT2D eigenvalue weighted by Gasteiger charge is -2.26. The van der Waals surface area contributed by atoms with Crippen molar-refractivity contribution in [3.05, 3.63) is 0 Å². The van der Waals surface area contributed by atoms with Gasteiger partial charge in [-0.2, -0.15) is 0 Å². The van der Waals surface area contributed by atoms with Crippen molar-refractivity contribution in [3.8, 4) is 0 Å². The molecule has 0 aromatic rings. The van der Waals surface area contributed by atoms with Crippen LogP contribution in [0.1, 0.15) is 25.7 Å².